The zero-order valence-corrected chi connectivity index (χ0v) is 21.9. The van der Waals surface area contributed by atoms with Crippen molar-refractivity contribution >= 4 is 33.7 Å². The highest BCUT2D eigenvalue weighted by atomic mass is 35.5. The monoisotopic (exact) mass is 511 g/mol. The van der Waals surface area contributed by atoms with E-state index in [9.17, 15) is 13.2 Å². The highest BCUT2D eigenvalue weighted by Gasteiger charge is 2.27. The molecule has 0 aliphatic carbocycles. The van der Waals surface area contributed by atoms with Crippen molar-refractivity contribution in [2.75, 3.05) is 6.54 Å². The van der Waals surface area contributed by atoms with Gasteiger partial charge in [0, 0.05) is 11.6 Å². The van der Waals surface area contributed by atoms with Crippen molar-refractivity contribution in [3.63, 3.8) is 0 Å². The van der Waals surface area contributed by atoms with Crippen molar-refractivity contribution in [3.05, 3.63) is 100 Å². The van der Waals surface area contributed by atoms with E-state index in [2.05, 4.69) is 31.3 Å². The average Bonchev–Trinajstić information content (AvgIpc) is 2.80. The third kappa shape index (κ3) is 7.24. The normalized spacial score (nSPS) is 12.3. The molecule has 0 unspecified atom stereocenters. The van der Waals surface area contributed by atoms with Gasteiger partial charge in [0.1, 0.15) is 0 Å². The van der Waals surface area contributed by atoms with Crippen molar-refractivity contribution in [2.45, 2.75) is 44.6 Å². The van der Waals surface area contributed by atoms with Crippen LogP contribution < -0.4 is 5.43 Å². The number of halogens is 1. The summed E-state index contributed by atoms with van der Waals surface area (Å²) >= 11 is 6.27. The minimum Gasteiger partial charge on any atom is -0.272 e. The van der Waals surface area contributed by atoms with Crippen molar-refractivity contribution in [2.24, 2.45) is 5.10 Å². The lowest BCUT2D eigenvalue weighted by atomic mass is 9.87. The zero-order chi connectivity index (χ0) is 25.6. The number of nitrogens with zero attached hydrogens (tertiary/aromatic N) is 2. The van der Waals surface area contributed by atoms with Gasteiger partial charge in [-0.15, -0.1) is 0 Å². The smallest absolute Gasteiger partial charge is 0.255 e. The van der Waals surface area contributed by atoms with Gasteiger partial charge in [-0.1, -0.05) is 92.5 Å². The summed E-state index contributed by atoms with van der Waals surface area (Å²) in [4.78, 5) is 12.8. The SMILES string of the molecule is Cc1ccc(S(=O)(=O)N(CC(=O)N/N=C\c2ccc(C(C)(C)C)cc2)Cc2ccccc2Cl)cc1. The Morgan fingerprint density at radius 2 is 1.63 bits per heavy atom. The lowest BCUT2D eigenvalue weighted by molar-refractivity contribution is -0.121. The van der Waals surface area contributed by atoms with Crippen LogP contribution in [0.3, 0.4) is 0 Å². The van der Waals surface area contributed by atoms with Gasteiger partial charge < -0.3 is 0 Å². The molecule has 0 radical (unpaired) electrons. The van der Waals surface area contributed by atoms with Gasteiger partial charge in [0.25, 0.3) is 5.91 Å². The molecule has 3 aromatic rings. The molecule has 3 aromatic carbocycles. The van der Waals surface area contributed by atoms with E-state index in [4.69, 9.17) is 11.6 Å². The first kappa shape index (κ1) is 26.6. The fraction of sp³-hybridized carbons (Fsp3) is 0.259. The summed E-state index contributed by atoms with van der Waals surface area (Å²) in [6.07, 6.45) is 1.53. The van der Waals surface area contributed by atoms with Gasteiger partial charge in [0.15, 0.2) is 0 Å². The number of rotatable bonds is 8. The van der Waals surface area contributed by atoms with Crippen molar-refractivity contribution < 1.29 is 13.2 Å². The third-order valence-electron chi connectivity index (χ3n) is 5.46. The molecule has 0 saturated heterocycles. The predicted octanol–water partition coefficient (Wildman–Crippen LogP) is 5.29. The van der Waals surface area contributed by atoms with Gasteiger partial charge in [-0.3, -0.25) is 4.79 Å². The lowest BCUT2D eigenvalue weighted by Gasteiger charge is -2.22. The van der Waals surface area contributed by atoms with Gasteiger partial charge in [-0.05, 0) is 47.2 Å². The minimum absolute atomic E-state index is 0.0396. The maximum absolute atomic E-state index is 13.4. The fourth-order valence-electron chi connectivity index (χ4n) is 3.35. The number of nitrogens with one attached hydrogen (secondary N) is 1. The summed E-state index contributed by atoms with van der Waals surface area (Å²) in [5, 5.41) is 4.43. The molecule has 0 aliphatic rings. The van der Waals surface area contributed by atoms with Crippen molar-refractivity contribution in [1.29, 1.82) is 0 Å². The summed E-state index contributed by atoms with van der Waals surface area (Å²) in [6, 6.07) is 21.3. The Kier molecular flexibility index (Phi) is 8.48. The van der Waals surface area contributed by atoms with Gasteiger partial charge in [0.2, 0.25) is 10.0 Å². The van der Waals surface area contributed by atoms with Gasteiger partial charge in [-0.25, -0.2) is 13.8 Å². The molecule has 1 N–H and O–H groups in total. The molecule has 0 aromatic heterocycles. The maximum atomic E-state index is 13.4. The molecule has 8 heteroatoms. The number of amides is 1. The Labute approximate surface area is 212 Å². The van der Waals surface area contributed by atoms with E-state index in [-0.39, 0.29) is 16.9 Å². The second kappa shape index (κ2) is 11.2. The molecule has 184 valence electrons. The van der Waals surface area contributed by atoms with E-state index in [1.54, 1.807) is 36.4 Å². The number of sulfonamides is 1. The number of carbonyl (C=O) groups excluding carboxylic acids is 1. The van der Waals surface area contributed by atoms with Crippen LogP contribution in [0.4, 0.5) is 0 Å². The largest absolute Gasteiger partial charge is 0.272 e. The van der Waals surface area contributed by atoms with Crippen LogP contribution in [0.5, 0.6) is 0 Å². The number of carbonyl (C=O) groups is 1. The molecule has 3 rings (SSSR count). The first-order valence-corrected chi connectivity index (χ1v) is 13.0. The summed E-state index contributed by atoms with van der Waals surface area (Å²) in [7, 11) is -3.96. The quantitative estimate of drug-likeness (QED) is 0.330. The van der Waals surface area contributed by atoms with Crippen LogP contribution in [0.25, 0.3) is 0 Å². The van der Waals surface area contributed by atoms with Crippen molar-refractivity contribution in [1.82, 2.24) is 9.73 Å². The van der Waals surface area contributed by atoms with Gasteiger partial charge in [0.05, 0.1) is 17.7 Å². The predicted molar refractivity (Wildman–Crippen MR) is 141 cm³/mol. The third-order valence-corrected chi connectivity index (χ3v) is 7.64. The Balaban J connectivity index is 1.76. The maximum Gasteiger partial charge on any atom is 0.255 e. The first-order chi connectivity index (χ1) is 16.5. The summed E-state index contributed by atoms with van der Waals surface area (Å²) in [6.45, 7) is 7.81. The Bertz CT molecular complexity index is 1300. The minimum atomic E-state index is -3.96. The van der Waals surface area contributed by atoms with Crippen LogP contribution in [0.15, 0.2) is 82.8 Å². The molecule has 0 saturated carbocycles. The van der Waals surface area contributed by atoms with Crippen LogP contribution in [0.1, 0.15) is 43.0 Å². The molecule has 0 atom stereocenters. The van der Waals surface area contributed by atoms with Gasteiger partial charge in [-0.2, -0.15) is 9.41 Å². The second-order valence-electron chi connectivity index (χ2n) is 9.34. The zero-order valence-electron chi connectivity index (χ0n) is 20.3. The molecule has 35 heavy (non-hydrogen) atoms. The highest BCUT2D eigenvalue weighted by Crippen LogP contribution is 2.23. The molecule has 6 nitrogen and oxygen atoms in total. The number of aryl methyl sites for hydroxylation is 1. The van der Waals surface area contributed by atoms with Crippen molar-refractivity contribution in [3.8, 4) is 0 Å². The van der Waals surface area contributed by atoms with E-state index in [1.165, 1.54) is 23.9 Å². The summed E-state index contributed by atoms with van der Waals surface area (Å²) < 4.78 is 27.8. The molecule has 0 fully saturated rings. The Morgan fingerprint density at radius 1 is 1.00 bits per heavy atom. The summed E-state index contributed by atoms with van der Waals surface area (Å²) in [5.74, 6) is -0.560. The van der Waals surface area contributed by atoms with Crippen LogP contribution in [0, 0.1) is 6.92 Å². The number of benzene rings is 3. The lowest BCUT2D eigenvalue weighted by Crippen LogP contribution is -2.39. The molecular weight excluding hydrogens is 482 g/mol. The molecule has 1 amide bonds. The number of hydrogen-bond donors (Lipinski definition) is 1. The van der Waals surface area contributed by atoms with Gasteiger partial charge >= 0.3 is 0 Å². The van der Waals surface area contributed by atoms with E-state index in [0.717, 1.165) is 15.4 Å². The van der Waals surface area contributed by atoms with E-state index < -0.39 is 22.5 Å². The van der Waals surface area contributed by atoms with Crippen LogP contribution >= 0.6 is 11.6 Å². The number of hydrogen-bond acceptors (Lipinski definition) is 4. The Morgan fingerprint density at radius 3 is 2.23 bits per heavy atom. The molecule has 0 aliphatic heterocycles. The van der Waals surface area contributed by atoms with E-state index >= 15 is 0 Å². The molecule has 0 heterocycles. The van der Waals surface area contributed by atoms with Crippen LogP contribution in [0.2, 0.25) is 5.02 Å². The molecule has 0 bridgehead atoms. The number of hydrazone groups is 1. The summed E-state index contributed by atoms with van der Waals surface area (Å²) in [5.41, 5.74) is 6.01. The first-order valence-electron chi connectivity index (χ1n) is 11.2. The molecule has 0 spiro atoms. The fourth-order valence-corrected chi connectivity index (χ4v) is 4.92. The second-order valence-corrected chi connectivity index (χ2v) is 11.7. The topological polar surface area (TPSA) is 78.8 Å². The van der Waals surface area contributed by atoms with E-state index in [0.29, 0.717) is 10.6 Å². The van der Waals surface area contributed by atoms with E-state index in [1.807, 2.05) is 31.2 Å². The standard InChI is InChI=1S/C27H30ClN3O3S/c1-20-9-15-24(16-10-20)35(33,34)31(18-22-7-5-6-8-25(22)28)19-26(32)30-29-17-21-11-13-23(14-12-21)27(2,3)4/h5-17H,18-19H2,1-4H3,(H,30,32)/b29-17-. The Hall–Kier alpha value is -3.00. The van der Waals surface area contributed by atoms with Crippen LogP contribution in [-0.4, -0.2) is 31.4 Å². The van der Waals surface area contributed by atoms with Crippen LogP contribution in [-0.2, 0) is 26.8 Å². The highest BCUT2D eigenvalue weighted by molar-refractivity contribution is 7.89. The molecular formula is C27H30ClN3O3S. The average molecular weight is 512 g/mol.